The molecule has 138 valence electrons. The first-order valence-electron chi connectivity index (χ1n) is 8.56. The molecule has 0 aliphatic heterocycles. The number of nitrogens with one attached hydrogen (secondary N) is 2. The van der Waals surface area contributed by atoms with Gasteiger partial charge in [0.05, 0.1) is 0 Å². The van der Waals surface area contributed by atoms with E-state index >= 15 is 0 Å². The normalized spacial score (nSPS) is 11.6. The van der Waals surface area contributed by atoms with Gasteiger partial charge in [0.15, 0.2) is 0 Å². The van der Waals surface area contributed by atoms with E-state index in [1.54, 1.807) is 0 Å². The molecule has 0 spiro atoms. The molecule has 0 aliphatic carbocycles. The maximum atomic E-state index is 12.0. The maximum Gasteiger partial charge on any atom is 0.326 e. The number of benzene rings is 1. The van der Waals surface area contributed by atoms with Crippen molar-refractivity contribution in [2.75, 3.05) is 11.9 Å². The smallest absolute Gasteiger partial charge is 0.326 e. The van der Waals surface area contributed by atoms with Gasteiger partial charge in [-0.3, -0.25) is 4.79 Å². The van der Waals surface area contributed by atoms with Gasteiger partial charge in [0, 0.05) is 30.8 Å². The molecule has 7 heteroatoms. The van der Waals surface area contributed by atoms with Crippen LogP contribution in [0, 0.1) is 13.8 Å². The first-order chi connectivity index (χ1) is 12.4. The topological polar surface area (TPSA) is 104 Å². The van der Waals surface area contributed by atoms with Crippen LogP contribution >= 0.6 is 0 Å². The lowest BCUT2D eigenvalue weighted by atomic mass is 10.1. The molecule has 0 saturated heterocycles. The zero-order chi connectivity index (χ0) is 18.9. The van der Waals surface area contributed by atoms with Crippen molar-refractivity contribution < 1.29 is 14.7 Å². The average Bonchev–Trinajstić information content (AvgIpc) is 2.58. The molecular weight excluding hydrogens is 332 g/mol. The first-order valence-corrected chi connectivity index (χ1v) is 8.56. The van der Waals surface area contributed by atoms with Gasteiger partial charge in [-0.05, 0) is 31.9 Å². The van der Waals surface area contributed by atoms with Crippen molar-refractivity contribution in [3.05, 3.63) is 53.3 Å². The molecule has 1 amide bonds. The van der Waals surface area contributed by atoms with Gasteiger partial charge in [-0.1, -0.05) is 30.3 Å². The van der Waals surface area contributed by atoms with Crippen LogP contribution < -0.4 is 10.6 Å². The van der Waals surface area contributed by atoms with Gasteiger partial charge >= 0.3 is 5.97 Å². The van der Waals surface area contributed by atoms with E-state index in [0.717, 1.165) is 17.0 Å². The molecule has 1 unspecified atom stereocenters. The Kier molecular flexibility index (Phi) is 7.08. The minimum Gasteiger partial charge on any atom is -0.480 e. The molecule has 1 aromatic heterocycles. The summed E-state index contributed by atoms with van der Waals surface area (Å²) in [7, 11) is 0. The Labute approximate surface area is 152 Å². The van der Waals surface area contributed by atoms with Crippen molar-refractivity contribution in [2.45, 2.75) is 39.2 Å². The Morgan fingerprint density at radius 2 is 1.77 bits per heavy atom. The number of aliphatic carboxylic acids is 1. The molecule has 2 rings (SSSR count). The quantitative estimate of drug-likeness (QED) is 0.595. The first kappa shape index (κ1) is 19.4. The van der Waals surface area contributed by atoms with Crippen molar-refractivity contribution in [1.82, 2.24) is 15.3 Å². The number of carbonyl (C=O) groups excluding carboxylic acids is 1. The third-order valence-corrected chi connectivity index (χ3v) is 3.76. The van der Waals surface area contributed by atoms with Gasteiger partial charge in [0.2, 0.25) is 11.9 Å². The molecule has 26 heavy (non-hydrogen) atoms. The molecule has 0 saturated carbocycles. The summed E-state index contributed by atoms with van der Waals surface area (Å²) in [4.78, 5) is 31.9. The zero-order valence-corrected chi connectivity index (χ0v) is 15.0. The van der Waals surface area contributed by atoms with Gasteiger partial charge in [0.1, 0.15) is 6.04 Å². The van der Waals surface area contributed by atoms with E-state index in [1.807, 2.05) is 50.2 Å². The Morgan fingerprint density at radius 1 is 1.12 bits per heavy atom. The number of rotatable bonds is 9. The number of carbonyl (C=O) groups is 2. The minimum atomic E-state index is -1.04. The van der Waals surface area contributed by atoms with E-state index in [1.165, 1.54) is 0 Å². The highest BCUT2D eigenvalue weighted by Gasteiger charge is 2.20. The number of anilines is 1. The molecule has 3 N–H and O–H groups in total. The second-order valence-corrected chi connectivity index (χ2v) is 6.15. The summed E-state index contributed by atoms with van der Waals surface area (Å²) in [6, 6.07) is 10.2. The van der Waals surface area contributed by atoms with E-state index in [2.05, 4.69) is 20.6 Å². The van der Waals surface area contributed by atoms with Gasteiger partial charge in [-0.2, -0.15) is 0 Å². The SMILES string of the molecule is Cc1cc(C)nc(NCCCC(=O)NC(Cc2ccccc2)C(=O)O)n1. The fraction of sp³-hybridized carbons (Fsp3) is 0.368. The average molecular weight is 356 g/mol. The maximum absolute atomic E-state index is 12.0. The predicted molar refractivity (Wildman–Crippen MR) is 98.9 cm³/mol. The number of aryl methyl sites for hydroxylation is 2. The van der Waals surface area contributed by atoms with Crippen LogP contribution in [0.2, 0.25) is 0 Å². The number of hydrogen-bond acceptors (Lipinski definition) is 5. The number of carboxylic acids is 1. The summed E-state index contributed by atoms with van der Waals surface area (Å²) >= 11 is 0. The number of aromatic nitrogens is 2. The highest BCUT2D eigenvalue weighted by atomic mass is 16.4. The van der Waals surface area contributed by atoms with Gasteiger partial charge in [-0.15, -0.1) is 0 Å². The van der Waals surface area contributed by atoms with E-state index < -0.39 is 12.0 Å². The Bertz CT molecular complexity index is 729. The van der Waals surface area contributed by atoms with Crippen molar-refractivity contribution >= 4 is 17.8 Å². The highest BCUT2D eigenvalue weighted by molar-refractivity contribution is 5.83. The van der Waals surface area contributed by atoms with Crippen LogP contribution in [0.25, 0.3) is 0 Å². The molecule has 7 nitrogen and oxygen atoms in total. The summed E-state index contributed by atoms with van der Waals surface area (Å²) < 4.78 is 0. The van der Waals surface area contributed by atoms with Gasteiger partial charge in [-0.25, -0.2) is 14.8 Å². The third kappa shape index (κ3) is 6.51. The van der Waals surface area contributed by atoms with E-state index in [-0.39, 0.29) is 18.7 Å². The van der Waals surface area contributed by atoms with Crippen molar-refractivity contribution in [2.24, 2.45) is 0 Å². The number of nitrogens with zero attached hydrogens (tertiary/aromatic N) is 2. The van der Waals surface area contributed by atoms with Gasteiger partial charge < -0.3 is 15.7 Å². The highest BCUT2D eigenvalue weighted by Crippen LogP contribution is 2.06. The van der Waals surface area contributed by atoms with E-state index in [0.29, 0.717) is 18.9 Å². The molecule has 0 fully saturated rings. The summed E-state index contributed by atoms with van der Waals surface area (Å²) in [6.07, 6.45) is 1.05. The third-order valence-electron chi connectivity index (χ3n) is 3.76. The predicted octanol–water partition coefficient (Wildman–Crippen LogP) is 2.10. The van der Waals surface area contributed by atoms with Crippen LogP contribution in [0.1, 0.15) is 29.8 Å². The van der Waals surface area contributed by atoms with Crippen LogP contribution in [-0.2, 0) is 16.0 Å². The molecule has 0 radical (unpaired) electrons. The Hall–Kier alpha value is -2.96. The van der Waals surface area contributed by atoms with E-state index in [9.17, 15) is 14.7 Å². The summed E-state index contributed by atoms with van der Waals surface area (Å²) in [5, 5.41) is 15.0. The minimum absolute atomic E-state index is 0.233. The van der Waals surface area contributed by atoms with Crippen LogP contribution in [-0.4, -0.2) is 39.5 Å². The molecule has 1 heterocycles. The largest absolute Gasteiger partial charge is 0.480 e. The molecule has 2 aromatic rings. The molecule has 1 aromatic carbocycles. The lowest BCUT2D eigenvalue weighted by Crippen LogP contribution is -2.42. The number of carboxylic acid groups (broad SMARTS) is 1. The van der Waals surface area contributed by atoms with E-state index in [4.69, 9.17) is 0 Å². The number of amides is 1. The van der Waals surface area contributed by atoms with Crippen LogP contribution in [0.3, 0.4) is 0 Å². The van der Waals surface area contributed by atoms with Crippen LogP contribution in [0.4, 0.5) is 5.95 Å². The number of hydrogen-bond donors (Lipinski definition) is 3. The van der Waals surface area contributed by atoms with Crippen LogP contribution in [0.15, 0.2) is 36.4 Å². The van der Waals surface area contributed by atoms with Crippen molar-refractivity contribution in [3.8, 4) is 0 Å². The summed E-state index contributed by atoms with van der Waals surface area (Å²) in [5.74, 6) is -0.782. The monoisotopic (exact) mass is 356 g/mol. The lowest BCUT2D eigenvalue weighted by Gasteiger charge is -2.14. The summed E-state index contributed by atoms with van der Waals surface area (Å²) in [6.45, 7) is 4.32. The van der Waals surface area contributed by atoms with Crippen molar-refractivity contribution in [1.29, 1.82) is 0 Å². The molecular formula is C19H24N4O3. The van der Waals surface area contributed by atoms with Gasteiger partial charge in [0.25, 0.3) is 0 Å². The fourth-order valence-corrected chi connectivity index (χ4v) is 2.57. The Balaban J connectivity index is 1.76. The van der Waals surface area contributed by atoms with Crippen LogP contribution in [0.5, 0.6) is 0 Å². The molecule has 1 atom stereocenters. The van der Waals surface area contributed by atoms with Crippen molar-refractivity contribution in [3.63, 3.8) is 0 Å². The lowest BCUT2D eigenvalue weighted by molar-refractivity contribution is -0.141. The summed E-state index contributed by atoms with van der Waals surface area (Å²) in [5.41, 5.74) is 2.62. The molecule has 0 bridgehead atoms. The second kappa shape index (κ2) is 9.50. The zero-order valence-electron chi connectivity index (χ0n) is 15.0. The second-order valence-electron chi connectivity index (χ2n) is 6.15. The Morgan fingerprint density at radius 3 is 2.38 bits per heavy atom. The fourth-order valence-electron chi connectivity index (χ4n) is 2.57. The molecule has 0 aliphatic rings. The standard InChI is InChI=1S/C19H24N4O3/c1-13-11-14(2)22-19(21-13)20-10-6-9-17(24)23-16(18(25)26)12-15-7-4-3-5-8-15/h3-5,7-8,11,16H,6,9-10,12H2,1-2H3,(H,23,24)(H,25,26)(H,20,21,22).